The summed E-state index contributed by atoms with van der Waals surface area (Å²) in [4.78, 5) is 10.9. The molecule has 1 aliphatic heterocycles. The maximum atomic E-state index is 13.5. The molecular weight excluding hydrogens is 211 g/mol. The predicted molar refractivity (Wildman–Crippen MR) is 48.5 cm³/mol. The van der Waals surface area contributed by atoms with Crippen LogP contribution in [0.4, 0.5) is 4.39 Å². The van der Waals surface area contributed by atoms with Gasteiger partial charge in [-0.1, -0.05) is 6.92 Å². The standard InChI is InChI=1S/C8H13FO4S/c1-2-8(7(10)11)5-14(12,13)4-3-6(8)9/h6H,2-5H2,1H3,(H,10,11). The molecule has 1 fully saturated rings. The molecule has 0 aliphatic carbocycles. The number of halogens is 1. The molecule has 1 saturated heterocycles. The Hall–Kier alpha value is -0.650. The Balaban J connectivity index is 3.09. The molecule has 0 radical (unpaired) electrons. The van der Waals surface area contributed by atoms with Gasteiger partial charge in [0.25, 0.3) is 0 Å². The Morgan fingerprint density at radius 2 is 2.21 bits per heavy atom. The number of hydrogen-bond acceptors (Lipinski definition) is 3. The predicted octanol–water partition coefficient (Wildman–Crippen LogP) is 0.624. The van der Waals surface area contributed by atoms with Crippen LogP contribution in [0.5, 0.6) is 0 Å². The van der Waals surface area contributed by atoms with E-state index in [1.807, 2.05) is 0 Å². The van der Waals surface area contributed by atoms with Crippen LogP contribution in [0.15, 0.2) is 0 Å². The molecule has 14 heavy (non-hydrogen) atoms. The minimum Gasteiger partial charge on any atom is -0.481 e. The Kier molecular flexibility index (Phi) is 2.85. The van der Waals surface area contributed by atoms with Crippen molar-refractivity contribution >= 4 is 15.8 Å². The third kappa shape index (κ3) is 1.75. The Bertz CT molecular complexity index is 337. The van der Waals surface area contributed by atoms with Crippen molar-refractivity contribution in [2.45, 2.75) is 25.9 Å². The first-order valence-electron chi connectivity index (χ1n) is 4.42. The number of alkyl halides is 1. The largest absolute Gasteiger partial charge is 0.481 e. The van der Waals surface area contributed by atoms with E-state index in [1.54, 1.807) is 0 Å². The molecule has 4 nitrogen and oxygen atoms in total. The quantitative estimate of drug-likeness (QED) is 0.746. The number of carboxylic acids is 1. The molecular formula is C8H13FO4S. The normalized spacial score (nSPS) is 36.6. The molecule has 0 amide bonds. The van der Waals surface area contributed by atoms with Crippen LogP contribution in [0, 0.1) is 5.41 Å². The monoisotopic (exact) mass is 224 g/mol. The average molecular weight is 224 g/mol. The maximum Gasteiger partial charge on any atom is 0.313 e. The summed E-state index contributed by atoms with van der Waals surface area (Å²) in [6.45, 7) is 1.50. The van der Waals surface area contributed by atoms with Crippen LogP contribution in [-0.2, 0) is 14.6 Å². The van der Waals surface area contributed by atoms with Gasteiger partial charge in [0, 0.05) is 0 Å². The molecule has 0 aromatic heterocycles. The van der Waals surface area contributed by atoms with Crippen LogP contribution < -0.4 is 0 Å². The number of aliphatic carboxylic acids is 1. The topological polar surface area (TPSA) is 71.4 Å². The second-order valence-electron chi connectivity index (χ2n) is 3.66. The van der Waals surface area contributed by atoms with Crippen LogP contribution in [0.25, 0.3) is 0 Å². The molecule has 0 aromatic carbocycles. The van der Waals surface area contributed by atoms with E-state index in [9.17, 15) is 17.6 Å². The van der Waals surface area contributed by atoms with Gasteiger partial charge >= 0.3 is 5.97 Å². The number of rotatable bonds is 2. The third-order valence-electron chi connectivity index (χ3n) is 2.82. The zero-order chi connectivity index (χ0) is 11.0. The maximum absolute atomic E-state index is 13.5. The van der Waals surface area contributed by atoms with E-state index in [-0.39, 0.29) is 18.6 Å². The van der Waals surface area contributed by atoms with E-state index >= 15 is 0 Å². The van der Waals surface area contributed by atoms with Gasteiger partial charge in [-0.2, -0.15) is 0 Å². The van der Waals surface area contributed by atoms with E-state index in [0.29, 0.717) is 0 Å². The molecule has 82 valence electrons. The fourth-order valence-corrected chi connectivity index (χ4v) is 3.79. The fourth-order valence-electron chi connectivity index (χ4n) is 1.78. The highest BCUT2D eigenvalue weighted by molar-refractivity contribution is 7.91. The van der Waals surface area contributed by atoms with Gasteiger partial charge < -0.3 is 5.11 Å². The van der Waals surface area contributed by atoms with Gasteiger partial charge in [-0.3, -0.25) is 4.79 Å². The average Bonchev–Trinajstić information content (AvgIpc) is 2.09. The zero-order valence-electron chi connectivity index (χ0n) is 7.86. The summed E-state index contributed by atoms with van der Waals surface area (Å²) in [6, 6.07) is 0. The van der Waals surface area contributed by atoms with Crippen molar-refractivity contribution in [3.05, 3.63) is 0 Å². The van der Waals surface area contributed by atoms with Gasteiger partial charge in [0.2, 0.25) is 0 Å². The van der Waals surface area contributed by atoms with Gasteiger partial charge in [-0.15, -0.1) is 0 Å². The zero-order valence-corrected chi connectivity index (χ0v) is 8.68. The Morgan fingerprint density at radius 1 is 1.64 bits per heavy atom. The van der Waals surface area contributed by atoms with Crippen LogP contribution in [0.3, 0.4) is 0 Å². The molecule has 0 spiro atoms. The first kappa shape index (κ1) is 11.4. The first-order chi connectivity index (χ1) is 6.34. The molecule has 2 atom stereocenters. The van der Waals surface area contributed by atoms with Crippen LogP contribution in [0.1, 0.15) is 19.8 Å². The molecule has 0 bridgehead atoms. The van der Waals surface area contributed by atoms with Crippen LogP contribution >= 0.6 is 0 Å². The molecule has 0 saturated carbocycles. The molecule has 1 aliphatic rings. The highest BCUT2D eigenvalue weighted by atomic mass is 32.2. The van der Waals surface area contributed by atoms with E-state index in [4.69, 9.17) is 5.11 Å². The number of carbonyl (C=O) groups is 1. The summed E-state index contributed by atoms with van der Waals surface area (Å²) < 4.78 is 35.9. The second kappa shape index (κ2) is 3.49. The first-order valence-corrected chi connectivity index (χ1v) is 6.24. The number of hydrogen-bond donors (Lipinski definition) is 1. The molecule has 1 rings (SSSR count). The van der Waals surface area contributed by atoms with E-state index in [0.717, 1.165) is 0 Å². The lowest BCUT2D eigenvalue weighted by molar-refractivity contribution is -0.152. The highest BCUT2D eigenvalue weighted by Crippen LogP contribution is 2.37. The fraction of sp³-hybridized carbons (Fsp3) is 0.875. The van der Waals surface area contributed by atoms with Crippen LogP contribution in [-0.4, -0.2) is 37.2 Å². The second-order valence-corrected chi connectivity index (χ2v) is 5.85. The summed E-state index contributed by atoms with van der Waals surface area (Å²) in [7, 11) is -3.40. The Labute approximate surface area is 82.0 Å². The molecule has 1 N–H and O–H groups in total. The lowest BCUT2D eigenvalue weighted by atomic mass is 9.81. The third-order valence-corrected chi connectivity index (χ3v) is 4.63. The van der Waals surface area contributed by atoms with E-state index in [2.05, 4.69) is 0 Å². The van der Waals surface area contributed by atoms with Crippen molar-refractivity contribution in [1.29, 1.82) is 0 Å². The van der Waals surface area contributed by atoms with Crippen LogP contribution in [0.2, 0.25) is 0 Å². The van der Waals surface area contributed by atoms with Gasteiger partial charge in [-0.05, 0) is 12.8 Å². The molecule has 6 heteroatoms. The summed E-state index contributed by atoms with van der Waals surface area (Å²) in [5.41, 5.74) is -1.73. The van der Waals surface area contributed by atoms with Gasteiger partial charge in [-0.25, -0.2) is 12.8 Å². The van der Waals surface area contributed by atoms with Gasteiger partial charge in [0.1, 0.15) is 11.6 Å². The summed E-state index contributed by atoms with van der Waals surface area (Å²) in [5, 5.41) is 8.89. The van der Waals surface area contributed by atoms with E-state index < -0.39 is 33.1 Å². The molecule has 1 heterocycles. The van der Waals surface area contributed by atoms with E-state index in [1.165, 1.54) is 6.92 Å². The lowest BCUT2D eigenvalue weighted by Gasteiger charge is -2.34. The molecule has 2 unspecified atom stereocenters. The van der Waals surface area contributed by atoms with Crippen molar-refractivity contribution in [2.24, 2.45) is 5.41 Å². The SMILES string of the molecule is CCC1(C(=O)O)CS(=O)(=O)CCC1F. The summed E-state index contributed by atoms with van der Waals surface area (Å²) >= 11 is 0. The minimum absolute atomic E-state index is 0.00271. The smallest absolute Gasteiger partial charge is 0.313 e. The van der Waals surface area contributed by atoms with Gasteiger partial charge in [0.05, 0.1) is 11.5 Å². The van der Waals surface area contributed by atoms with Crippen molar-refractivity contribution < 1.29 is 22.7 Å². The number of sulfone groups is 1. The number of carboxylic acid groups (broad SMARTS) is 1. The minimum atomic E-state index is -3.40. The molecule has 0 aromatic rings. The van der Waals surface area contributed by atoms with Crippen molar-refractivity contribution in [3.63, 3.8) is 0 Å². The van der Waals surface area contributed by atoms with Gasteiger partial charge in [0.15, 0.2) is 9.84 Å². The van der Waals surface area contributed by atoms with Crippen molar-refractivity contribution in [3.8, 4) is 0 Å². The van der Waals surface area contributed by atoms with Crippen molar-refractivity contribution in [2.75, 3.05) is 11.5 Å². The summed E-state index contributed by atoms with van der Waals surface area (Å²) in [5.74, 6) is -2.17. The lowest BCUT2D eigenvalue weighted by Crippen LogP contribution is -2.50. The Morgan fingerprint density at radius 3 is 2.57 bits per heavy atom. The summed E-state index contributed by atoms with van der Waals surface area (Å²) in [6.07, 6.45) is -1.76. The van der Waals surface area contributed by atoms with Crippen molar-refractivity contribution in [1.82, 2.24) is 0 Å². The highest BCUT2D eigenvalue weighted by Gasteiger charge is 2.51.